The third-order valence-electron chi connectivity index (χ3n) is 3.04. The molecular weight excluding hydrogens is 325 g/mol. The quantitative estimate of drug-likeness (QED) is 0.675. The number of esters is 1. The fourth-order valence-electron chi connectivity index (χ4n) is 1.54. The third-order valence-corrected chi connectivity index (χ3v) is 5.01. The Morgan fingerprint density at radius 3 is 2.60 bits per heavy atom. The summed E-state index contributed by atoms with van der Waals surface area (Å²) in [4.78, 5) is 35.2. The zero-order chi connectivity index (χ0) is 15.0. The zero-order valence-corrected chi connectivity index (χ0v) is 12.8. The Hall–Kier alpha value is -1.11. The summed E-state index contributed by atoms with van der Waals surface area (Å²) in [5.41, 5.74) is -0.992. The van der Waals surface area contributed by atoms with Crippen molar-refractivity contribution in [2.75, 3.05) is 6.61 Å². The second kappa shape index (κ2) is 5.35. The Kier molecular flexibility index (Phi) is 4.09. The van der Waals surface area contributed by atoms with Crippen molar-refractivity contribution < 1.29 is 19.1 Å². The zero-order valence-electron chi connectivity index (χ0n) is 10.4. The van der Waals surface area contributed by atoms with Gasteiger partial charge in [-0.3, -0.25) is 19.7 Å². The highest BCUT2D eigenvalue weighted by atomic mass is 35.5. The van der Waals surface area contributed by atoms with Crippen LogP contribution in [0.25, 0.3) is 0 Å². The maximum atomic E-state index is 11.7. The van der Waals surface area contributed by atoms with Gasteiger partial charge in [-0.25, -0.2) is 0 Å². The second-order valence-corrected chi connectivity index (χ2v) is 7.08. The van der Waals surface area contributed by atoms with Crippen molar-refractivity contribution >= 4 is 52.3 Å². The van der Waals surface area contributed by atoms with E-state index in [4.69, 9.17) is 27.9 Å². The lowest BCUT2D eigenvalue weighted by atomic mass is 10.1. The van der Waals surface area contributed by atoms with E-state index in [0.29, 0.717) is 4.88 Å². The van der Waals surface area contributed by atoms with E-state index in [-0.39, 0.29) is 6.42 Å². The maximum absolute atomic E-state index is 11.7. The predicted octanol–water partition coefficient (Wildman–Crippen LogP) is 2.13. The SMILES string of the molecule is C[C@@]1(C(=O)OCC(=O)NC(=O)c2cccs2)CC1(Cl)Cl. The predicted molar refractivity (Wildman–Crippen MR) is 74.9 cm³/mol. The van der Waals surface area contributed by atoms with E-state index in [9.17, 15) is 14.4 Å². The normalized spacial score (nSPS) is 22.9. The molecule has 0 bridgehead atoms. The molecule has 2 amide bonds. The molecule has 1 aliphatic carbocycles. The highest BCUT2D eigenvalue weighted by Crippen LogP contribution is 2.64. The van der Waals surface area contributed by atoms with Gasteiger partial charge in [-0.05, 0) is 18.4 Å². The van der Waals surface area contributed by atoms with Gasteiger partial charge in [0, 0.05) is 6.42 Å². The Morgan fingerprint density at radius 2 is 2.10 bits per heavy atom. The molecule has 108 valence electrons. The van der Waals surface area contributed by atoms with Gasteiger partial charge in [0.2, 0.25) is 0 Å². The number of hydrogen-bond acceptors (Lipinski definition) is 5. The minimum absolute atomic E-state index is 0.275. The van der Waals surface area contributed by atoms with Crippen LogP contribution in [0.1, 0.15) is 23.0 Å². The third kappa shape index (κ3) is 2.97. The van der Waals surface area contributed by atoms with E-state index in [1.807, 2.05) is 0 Å². The minimum atomic E-state index is -1.15. The molecule has 1 heterocycles. The lowest BCUT2D eigenvalue weighted by Gasteiger charge is -2.11. The molecule has 8 heteroatoms. The molecule has 2 rings (SSSR count). The summed E-state index contributed by atoms with van der Waals surface area (Å²) in [5.74, 6) is -1.88. The first kappa shape index (κ1) is 15.3. The number of imide groups is 1. The molecule has 1 fully saturated rings. The smallest absolute Gasteiger partial charge is 0.315 e. The van der Waals surface area contributed by atoms with Gasteiger partial charge in [0.25, 0.3) is 11.8 Å². The average Bonchev–Trinajstić information content (AvgIpc) is 2.78. The summed E-state index contributed by atoms with van der Waals surface area (Å²) in [6.07, 6.45) is 0.275. The molecule has 0 aromatic carbocycles. The molecule has 1 aromatic rings. The van der Waals surface area contributed by atoms with E-state index < -0.39 is 34.1 Å². The van der Waals surface area contributed by atoms with Crippen molar-refractivity contribution in [2.24, 2.45) is 5.41 Å². The van der Waals surface area contributed by atoms with Crippen LogP contribution in [-0.2, 0) is 14.3 Å². The molecular formula is C12H11Cl2NO4S. The molecule has 1 aliphatic rings. The van der Waals surface area contributed by atoms with Crippen LogP contribution in [0.15, 0.2) is 17.5 Å². The molecule has 0 saturated heterocycles. The number of alkyl halides is 2. The molecule has 1 saturated carbocycles. The number of carbonyl (C=O) groups is 3. The monoisotopic (exact) mass is 335 g/mol. The Morgan fingerprint density at radius 1 is 1.45 bits per heavy atom. The number of rotatable bonds is 4. The number of nitrogens with one attached hydrogen (secondary N) is 1. The van der Waals surface area contributed by atoms with Gasteiger partial charge in [-0.1, -0.05) is 6.07 Å². The molecule has 0 unspecified atom stereocenters. The van der Waals surface area contributed by atoms with Crippen LogP contribution in [0.4, 0.5) is 0 Å². The first-order valence-corrected chi connectivity index (χ1v) is 7.32. The lowest BCUT2D eigenvalue weighted by Crippen LogP contribution is -2.35. The van der Waals surface area contributed by atoms with Gasteiger partial charge in [-0.2, -0.15) is 0 Å². The lowest BCUT2D eigenvalue weighted by molar-refractivity contribution is -0.153. The van der Waals surface area contributed by atoms with E-state index in [1.54, 1.807) is 24.4 Å². The highest BCUT2D eigenvalue weighted by molar-refractivity contribution is 7.12. The summed E-state index contributed by atoms with van der Waals surface area (Å²) in [5, 5.41) is 3.84. The van der Waals surface area contributed by atoms with Crippen LogP contribution in [0, 0.1) is 5.41 Å². The summed E-state index contributed by atoms with van der Waals surface area (Å²) >= 11 is 12.8. The van der Waals surface area contributed by atoms with E-state index in [2.05, 4.69) is 5.32 Å². The molecule has 5 nitrogen and oxygen atoms in total. The van der Waals surface area contributed by atoms with Gasteiger partial charge in [0.15, 0.2) is 6.61 Å². The summed E-state index contributed by atoms with van der Waals surface area (Å²) < 4.78 is 3.67. The van der Waals surface area contributed by atoms with Gasteiger partial charge >= 0.3 is 5.97 Å². The van der Waals surface area contributed by atoms with Gasteiger partial charge in [0.05, 0.1) is 4.88 Å². The Labute approximate surface area is 129 Å². The average molecular weight is 336 g/mol. The molecule has 1 aromatic heterocycles. The molecule has 0 spiro atoms. The fourth-order valence-corrected chi connectivity index (χ4v) is 2.85. The summed E-state index contributed by atoms with van der Waals surface area (Å²) in [6.45, 7) is 1.01. The molecule has 1 N–H and O–H groups in total. The van der Waals surface area contributed by atoms with E-state index >= 15 is 0 Å². The van der Waals surface area contributed by atoms with Crippen LogP contribution in [0.5, 0.6) is 0 Å². The Balaban J connectivity index is 1.79. The number of carbonyl (C=O) groups excluding carboxylic acids is 3. The van der Waals surface area contributed by atoms with Crippen LogP contribution in [0.2, 0.25) is 0 Å². The Bertz CT molecular complexity index is 558. The molecule has 20 heavy (non-hydrogen) atoms. The van der Waals surface area contributed by atoms with Crippen molar-refractivity contribution in [3.63, 3.8) is 0 Å². The number of amides is 2. The standard InChI is InChI=1S/C12H11Cl2NO4S/c1-11(6-12(11,13)14)10(18)19-5-8(16)15-9(17)7-3-2-4-20-7/h2-4H,5-6H2,1H3,(H,15,16,17)/t11-/m0/s1. The minimum Gasteiger partial charge on any atom is -0.455 e. The number of hydrogen-bond donors (Lipinski definition) is 1. The van der Waals surface area contributed by atoms with E-state index in [1.165, 1.54) is 11.3 Å². The number of thiophene rings is 1. The van der Waals surface area contributed by atoms with Gasteiger partial charge < -0.3 is 4.74 Å². The number of ether oxygens (including phenoxy) is 1. The van der Waals surface area contributed by atoms with Crippen LogP contribution < -0.4 is 5.32 Å². The van der Waals surface area contributed by atoms with Crippen LogP contribution >= 0.6 is 34.5 Å². The van der Waals surface area contributed by atoms with Crippen molar-refractivity contribution in [3.8, 4) is 0 Å². The topological polar surface area (TPSA) is 72.5 Å². The molecule has 0 radical (unpaired) electrons. The number of halogens is 2. The molecule has 1 atom stereocenters. The van der Waals surface area contributed by atoms with Gasteiger partial charge in [0.1, 0.15) is 9.75 Å². The summed E-state index contributed by atoms with van der Waals surface area (Å²) in [6, 6.07) is 3.28. The van der Waals surface area contributed by atoms with Crippen molar-refractivity contribution in [1.82, 2.24) is 5.32 Å². The first-order chi connectivity index (χ1) is 9.26. The first-order valence-electron chi connectivity index (χ1n) is 5.69. The molecule has 0 aliphatic heterocycles. The van der Waals surface area contributed by atoms with Crippen molar-refractivity contribution in [3.05, 3.63) is 22.4 Å². The van der Waals surface area contributed by atoms with E-state index in [0.717, 1.165) is 0 Å². The van der Waals surface area contributed by atoms with Crippen LogP contribution in [-0.4, -0.2) is 28.7 Å². The van der Waals surface area contributed by atoms with Crippen LogP contribution in [0.3, 0.4) is 0 Å². The van der Waals surface area contributed by atoms with Crippen molar-refractivity contribution in [2.45, 2.75) is 17.7 Å². The van der Waals surface area contributed by atoms with Gasteiger partial charge in [-0.15, -0.1) is 34.5 Å². The highest BCUT2D eigenvalue weighted by Gasteiger charge is 2.69. The maximum Gasteiger partial charge on any atom is 0.315 e. The largest absolute Gasteiger partial charge is 0.455 e. The fraction of sp³-hybridized carbons (Fsp3) is 0.417. The summed E-state index contributed by atoms with van der Waals surface area (Å²) in [7, 11) is 0. The van der Waals surface area contributed by atoms with Crippen molar-refractivity contribution in [1.29, 1.82) is 0 Å². The second-order valence-electron chi connectivity index (χ2n) is 4.64.